The summed E-state index contributed by atoms with van der Waals surface area (Å²) in [5, 5.41) is 9.79. The number of amides is 2. The van der Waals surface area contributed by atoms with Crippen molar-refractivity contribution < 1.29 is 4.79 Å². The molecule has 0 aromatic carbocycles. The number of carbonyl (C=O) groups excluding carboxylic acids is 1. The van der Waals surface area contributed by atoms with Gasteiger partial charge < -0.3 is 16.0 Å². The highest BCUT2D eigenvalue weighted by Gasteiger charge is 2.09. The van der Waals surface area contributed by atoms with Crippen LogP contribution in [0.3, 0.4) is 0 Å². The molecular formula is C8H18N4O. The van der Waals surface area contributed by atoms with E-state index in [1.54, 1.807) is 18.9 Å². The maximum atomic E-state index is 11.2. The second kappa shape index (κ2) is 5.40. The lowest BCUT2D eigenvalue weighted by Gasteiger charge is -2.17. The number of amidine groups is 1. The smallest absolute Gasteiger partial charge is 0.317 e. The van der Waals surface area contributed by atoms with Crippen molar-refractivity contribution in [3.8, 4) is 0 Å². The molecule has 2 amide bonds. The molecule has 0 aliphatic rings. The van der Waals surface area contributed by atoms with Crippen molar-refractivity contribution in [1.82, 2.24) is 10.2 Å². The van der Waals surface area contributed by atoms with E-state index in [4.69, 9.17) is 11.1 Å². The molecule has 0 saturated carbocycles. The van der Waals surface area contributed by atoms with Crippen molar-refractivity contribution in [2.24, 2.45) is 11.7 Å². The predicted octanol–water partition coefficient (Wildman–Crippen LogP) is 0.220. The summed E-state index contributed by atoms with van der Waals surface area (Å²) in [4.78, 5) is 12.8. The van der Waals surface area contributed by atoms with E-state index >= 15 is 0 Å². The average molecular weight is 186 g/mol. The largest absolute Gasteiger partial charge is 0.387 e. The monoisotopic (exact) mass is 186 g/mol. The number of hydrogen-bond donors (Lipinski definition) is 3. The van der Waals surface area contributed by atoms with E-state index in [0.717, 1.165) is 0 Å². The van der Waals surface area contributed by atoms with Crippen molar-refractivity contribution in [2.45, 2.75) is 13.8 Å². The zero-order chi connectivity index (χ0) is 10.4. The van der Waals surface area contributed by atoms with Crippen LogP contribution >= 0.6 is 0 Å². The van der Waals surface area contributed by atoms with Gasteiger partial charge in [-0.05, 0) is 6.92 Å². The SMILES string of the molecule is CCN(C)C(=O)NCC(C)C(=N)N. The van der Waals surface area contributed by atoms with Gasteiger partial charge in [-0.25, -0.2) is 4.79 Å². The van der Waals surface area contributed by atoms with Gasteiger partial charge in [0, 0.05) is 26.1 Å². The molecule has 4 N–H and O–H groups in total. The fraction of sp³-hybridized carbons (Fsp3) is 0.750. The summed E-state index contributed by atoms with van der Waals surface area (Å²) < 4.78 is 0. The van der Waals surface area contributed by atoms with Gasteiger partial charge in [0.15, 0.2) is 0 Å². The summed E-state index contributed by atoms with van der Waals surface area (Å²) in [6.07, 6.45) is 0. The van der Waals surface area contributed by atoms with Crippen LogP contribution in [0.15, 0.2) is 0 Å². The number of rotatable bonds is 4. The Kier molecular flexibility index (Phi) is 4.87. The highest BCUT2D eigenvalue weighted by Crippen LogP contribution is 1.91. The van der Waals surface area contributed by atoms with Crippen LogP contribution in [0.25, 0.3) is 0 Å². The number of nitrogens with two attached hydrogens (primary N) is 1. The van der Waals surface area contributed by atoms with Crippen LogP contribution in [0, 0.1) is 11.3 Å². The lowest BCUT2D eigenvalue weighted by molar-refractivity contribution is 0.210. The van der Waals surface area contributed by atoms with E-state index in [9.17, 15) is 4.79 Å². The minimum absolute atomic E-state index is 0.0967. The summed E-state index contributed by atoms with van der Waals surface area (Å²) in [6.45, 7) is 4.78. The third kappa shape index (κ3) is 4.35. The molecule has 0 bridgehead atoms. The number of carbonyl (C=O) groups is 1. The first-order chi connectivity index (χ1) is 5.99. The summed E-state index contributed by atoms with van der Waals surface area (Å²) in [7, 11) is 1.72. The van der Waals surface area contributed by atoms with Gasteiger partial charge in [0.05, 0.1) is 5.84 Å². The zero-order valence-corrected chi connectivity index (χ0v) is 8.42. The molecule has 0 heterocycles. The summed E-state index contributed by atoms with van der Waals surface area (Å²) >= 11 is 0. The molecule has 0 aromatic rings. The van der Waals surface area contributed by atoms with Gasteiger partial charge in [-0.1, -0.05) is 6.92 Å². The Labute approximate surface area is 78.8 Å². The summed E-state index contributed by atoms with van der Waals surface area (Å²) in [5.74, 6) is -0.00587. The molecule has 13 heavy (non-hydrogen) atoms. The van der Waals surface area contributed by atoms with E-state index < -0.39 is 0 Å². The molecule has 1 unspecified atom stereocenters. The molecule has 76 valence electrons. The van der Waals surface area contributed by atoms with E-state index in [2.05, 4.69) is 5.32 Å². The standard InChI is InChI=1S/C8H18N4O/c1-4-12(3)8(13)11-5-6(2)7(9)10/h6H,4-5H2,1-3H3,(H3,9,10)(H,11,13). The molecule has 0 fully saturated rings. The Hall–Kier alpha value is -1.26. The highest BCUT2D eigenvalue weighted by molar-refractivity contribution is 5.80. The first-order valence-electron chi connectivity index (χ1n) is 4.31. The Morgan fingerprint density at radius 2 is 2.23 bits per heavy atom. The molecule has 0 aliphatic carbocycles. The Morgan fingerprint density at radius 3 is 2.62 bits per heavy atom. The maximum Gasteiger partial charge on any atom is 0.317 e. The first-order valence-corrected chi connectivity index (χ1v) is 4.31. The average Bonchev–Trinajstić information content (AvgIpc) is 2.11. The number of nitrogens with one attached hydrogen (secondary N) is 2. The van der Waals surface area contributed by atoms with E-state index in [-0.39, 0.29) is 17.8 Å². The molecule has 0 spiro atoms. The second-order valence-electron chi connectivity index (χ2n) is 3.06. The summed E-state index contributed by atoms with van der Waals surface area (Å²) in [5.41, 5.74) is 5.25. The fourth-order valence-corrected chi connectivity index (χ4v) is 0.629. The van der Waals surface area contributed by atoms with Crippen LogP contribution in [-0.2, 0) is 0 Å². The summed E-state index contributed by atoms with van der Waals surface area (Å²) in [6, 6.07) is -0.129. The number of urea groups is 1. The van der Waals surface area contributed by atoms with Crippen LogP contribution in [0.1, 0.15) is 13.8 Å². The maximum absolute atomic E-state index is 11.2. The van der Waals surface area contributed by atoms with Crippen molar-refractivity contribution in [3.05, 3.63) is 0 Å². The molecule has 0 aliphatic heterocycles. The molecule has 0 aromatic heterocycles. The van der Waals surface area contributed by atoms with Gasteiger partial charge in [0.25, 0.3) is 0 Å². The van der Waals surface area contributed by atoms with Gasteiger partial charge >= 0.3 is 6.03 Å². The zero-order valence-electron chi connectivity index (χ0n) is 8.42. The molecule has 5 heteroatoms. The van der Waals surface area contributed by atoms with Crippen LogP contribution in [0.4, 0.5) is 4.79 Å². The molecule has 0 saturated heterocycles. The Bertz CT molecular complexity index is 193. The molecular weight excluding hydrogens is 168 g/mol. The highest BCUT2D eigenvalue weighted by atomic mass is 16.2. The number of nitrogens with zero attached hydrogens (tertiary/aromatic N) is 1. The lowest BCUT2D eigenvalue weighted by atomic mass is 10.1. The normalized spacial score (nSPS) is 11.9. The third-order valence-corrected chi connectivity index (χ3v) is 1.91. The molecule has 1 atom stereocenters. The topological polar surface area (TPSA) is 82.2 Å². The van der Waals surface area contributed by atoms with Crippen molar-refractivity contribution in [3.63, 3.8) is 0 Å². The van der Waals surface area contributed by atoms with Crippen molar-refractivity contribution >= 4 is 11.9 Å². The molecule has 0 radical (unpaired) electrons. The molecule has 0 rings (SSSR count). The van der Waals surface area contributed by atoms with Crippen LogP contribution < -0.4 is 11.1 Å². The van der Waals surface area contributed by atoms with E-state index in [1.165, 1.54) is 0 Å². The minimum Gasteiger partial charge on any atom is -0.387 e. The lowest BCUT2D eigenvalue weighted by Crippen LogP contribution is -2.41. The van der Waals surface area contributed by atoms with Crippen LogP contribution in [-0.4, -0.2) is 36.9 Å². The van der Waals surface area contributed by atoms with Crippen LogP contribution in [0.5, 0.6) is 0 Å². The molecule has 5 nitrogen and oxygen atoms in total. The third-order valence-electron chi connectivity index (χ3n) is 1.91. The van der Waals surface area contributed by atoms with E-state index in [0.29, 0.717) is 13.1 Å². The van der Waals surface area contributed by atoms with Crippen LogP contribution in [0.2, 0.25) is 0 Å². The first kappa shape index (κ1) is 11.7. The number of hydrogen-bond acceptors (Lipinski definition) is 2. The minimum atomic E-state index is -0.129. The Balaban J connectivity index is 3.76. The second-order valence-corrected chi connectivity index (χ2v) is 3.06. The van der Waals surface area contributed by atoms with Crippen molar-refractivity contribution in [1.29, 1.82) is 5.41 Å². The predicted molar refractivity (Wildman–Crippen MR) is 52.8 cm³/mol. The van der Waals surface area contributed by atoms with Gasteiger partial charge in [-0.15, -0.1) is 0 Å². The van der Waals surface area contributed by atoms with Gasteiger partial charge in [0.2, 0.25) is 0 Å². The van der Waals surface area contributed by atoms with Gasteiger partial charge in [-0.3, -0.25) is 5.41 Å². The van der Waals surface area contributed by atoms with Gasteiger partial charge in [0.1, 0.15) is 0 Å². The van der Waals surface area contributed by atoms with Gasteiger partial charge in [-0.2, -0.15) is 0 Å². The van der Waals surface area contributed by atoms with Crippen molar-refractivity contribution in [2.75, 3.05) is 20.1 Å². The Morgan fingerprint density at radius 1 is 1.69 bits per heavy atom. The fourth-order valence-electron chi connectivity index (χ4n) is 0.629. The van der Waals surface area contributed by atoms with E-state index in [1.807, 2.05) is 6.92 Å². The quantitative estimate of drug-likeness (QED) is 0.433.